The predicted molar refractivity (Wildman–Crippen MR) is 58.5 cm³/mol. The van der Waals surface area contributed by atoms with Crippen molar-refractivity contribution in [2.75, 3.05) is 5.32 Å². The summed E-state index contributed by atoms with van der Waals surface area (Å²) in [4.78, 5) is 13.6. The van der Waals surface area contributed by atoms with E-state index in [1.165, 1.54) is 6.07 Å². The molecule has 1 aromatic carbocycles. The lowest BCUT2D eigenvalue weighted by Gasteiger charge is -2.05. The summed E-state index contributed by atoms with van der Waals surface area (Å²) in [7, 11) is 0. The standard InChI is InChI=1S/C11H10N2O2/c14-9-4-1-3-8(7-9)12-10-5-2-6-11(15)13-10/h1-7,14H,(H2,12,13,15). The Kier molecular flexibility index (Phi) is 2.41. The fraction of sp³-hybridized carbons (Fsp3) is 0. The fourth-order valence-corrected chi connectivity index (χ4v) is 1.26. The van der Waals surface area contributed by atoms with Crippen LogP contribution in [0.1, 0.15) is 0 Å². The Labute approximate surface area is 86.2 Å². The number of benzene rings is 1. The number of phenols is 1. The number of aromatic hydroxyl groups is 1. The first kappa shape index (κ1) is 9.33. The third-order valence-corrected chi connectivity index (χ3v) is 1.89. The monoisotopic (exact) mass is 202 g/mol. The van der Waals surface area contributed by atoms with Crippen molar-refractivity contribution in [2.24, 2.45) is 0 Å². The molecule has 0 spiro atoms. The van der Waals surface area contributed by atoms with Gasteiger partial charge in [0.15, 0.2) is 0 Å². The van der Waals surface area contributed by atoms with Crippen LogP contribution in [-0.4, -0.2) is 10.1 Å². The van der Waals surface area contributed by atoms with Gasteiger partial charge in [-0.25, -0.2) is 0 Å². The maximum Gasteiger partial charge on any atom is 0.249 e. The van der Waals surface area contributed by atoms with Crippen molar-refractivity contribution in [3.05, 3.63) is 52.8 Å². The molecule has 0 saturated heterocycles. The van der Waals surface area contributed by atoms with Gasteiger partial charge >= 0.3 is 0 Å². The smallest absolute Gasteiger partial charge is 0.249 e. The molecule has 0 amide bonds. The van der Waals surface area contributed by atoms with Gasteiger partial charge in [-0.3, -0.25) is 4.79 Å². The molecule has 2 aromatic rings. The van der Waals surface area contributed by atoms with Crippen LogP contribution in [0.4, 0.5) is 11.5 Å². The first-order valence-electron chi connectivity index (χ1n) is 4.49. The highest BCUT2D eigenvalue weighted by molar-refractivity contribution is 5.57. The maximum absolute atomic E-state index is 11.0. The predicted octanol–water partition coefficient (Wildman–Crippen LogP) is 1.82. The van der Waals surface area contributed by atoms with Gasteiger partial charge in [-0.1, -0.05) is 12.1 Å². The molecule has 0 aliphatic rings. The average Bonchev–Trinajstić information content (AvgIpc) is 2.17. The van der Waals surface area contributed by atoms with Gasteiger partial charge < -0.3 is 15.4 Å². The number of anilines is 2. The van der Waals surface area contributed by atoms with E-state index in [-0.39, 0.29) is 11.3 Å². The molecule has 76 valence electrons. The Hall–Kier alpha value is -2.23. The van der Waals surface area contributed by atoms with E-state index in [1.807, 2.05) is 0 Å². The molecule has 2 rings (SSSR count). The van der Waals surface area contributed by atoms with E-state index in [2.05, 4.69) is 10.3 Å². The molecule has 1 aromatic heterocycles. The van der Waals surface area contributed by atoms with E-state index in [4.69, 9.17) is 0 Å². The van der Waals surface area contributed by atoms with E-state index in [0.717, 1.165) is 5.69 Å². The van der Waals surface area contributed by atoms with Gasteiger partial charge in [0.1, 0.15) is 11.6 Å². The number of H-pyrrole nitrogens is 1. The molecular formula is C11H10N2O2. The summed E-state index contributed by atoms with van der Waals surface area (Å²) >= 11 is 0. The molecule has 0 fully saturated rings. The Morgan fingerprint density at radius 3 is 2.67 bits per heavy atom. The third-order valence-electron chi connectivity index (χ3n) is 1.89. The van der Waals surface area contributed by atoms with Crippen LogP contribution in [0.15, 0.2) is 47.3 Å². The van der Waals surface area contributed by atoms with Gasteiger partial charge in [0.25, 0.3) is 0 Å². The van der Waals surface area contributed by atoms with E-state index in [1.54, 1.807) is 36.4 Å². The number of hydrogen-bond acceptors (Lipinski definition) is 3. The molecule has 0 bridgehead atoms. The number of phenolic OH excluding ortho intramolecular Hbond substituents is 1. The fourth-order valence-electron chi connectivity index (χ4n) is 1.26. The molecule has 0 radical (unpaired) electrons. The summed E-state index contributed by atoms with van der Waals surface area (Å²) in [5.74, 6) is 0.770. The molecule has 4 nitrogen and oxygen atoms in total. The van der Waals surface area contributed by atoms with Crippen molar-refractivity contribution < 1.29 is 5.11 Å². The molecule has 1 heterocycles. The molecule has 0 saturated carbocycles. The SMILES string of the molecule is O=c1cccc(Nc2cccc(O)c2)[nH]1. The van der Waals surface area contributed by atoms with Gasteiger partial charge in [-0.05, 0) is 18.2 Å². The van der Waals surface area contributed by atoms with E-state index in [9.17, 15) is 9.90 Å². The summed E-state index contributed by atoms with van der Waals surface area (Å²) in [6.45, 7) is 0. The minimum Gasteiger partial charge on any atom is -0.508 e. The minimum absolute atomic E-state index is 0.167. The molecule has 3 N–H and O–H groups in total. The van der Waals surface area contributed by atoms with Crippen LogP contribution in [0.2, 0.25) is 0 Å². The van der Waals surface area contributed by atoms with Gasteiger partial charge in [-0.15, -0.1) is 0 Å². The highest BCUT2D eigenvalue weighted by Crippen LogP contribution is 2.18. The van der Waals surface area contributed by atoms with Crippen molar-refractivity contribution >= 4 is 11.5 Å². The second-order valence-electron chi connectivity index (χ2n) is 3.10. The quantitative estimate of drug-likeness (QED) is 0.696. The Balaban J connectivity index is 2.26. The summed E-state index contributed by atoms with van der Waals surface area (Å²) in [5.41, 5.74) is 0.553. The largest absolute Gasteiger partial charge is 0.508 e. The summed E-state index contributed by atoms with van der Waals surface area (Å²) in [5, 5.41) is 12.2. The average molecular weight is 202 g/mol. The van der Waals surface area contributed by atoms with Crippen LogP contribution in [0.5, 0.6) is 5.75 Å². The zero-order valence-corrected chi connectivity index (χ0v) is 7.90. The van der Waals surface area contributed by atoms with E-state index >= 15 is 0 Å². The normalized spacial score (nSPS) is 9.87. The molecule has 4 heteroatoms. The molecule has 15 heavy (non-hydrogen) atoms. The lowest BCUT2D eigenvalue weighted by atomic mass is 10.3. The number of pyridine rings is 1. The third kappa shape index (κ3) is 2.37. The second kappa shape index (κ2) is 3.88. The Morgan fingerprint density at radius 1 is 1.13 bits per heavy atom. The van der Waals surface area contributed by atoms with Gasteiger partial charge in [0.05, 0.1) is 0 Å². The van der Waals surface area contributed by atoms with Crippen molar-refractivity contribution in [3.63, 3.8) is 0 Å². The van der Waals surface area contributed by atoms with Crippen molar-refractivity contribution in [1.29, 1.82) is 0 Å². The van der Waals surface area contributed by atoms with Crippen LogP contribution in [0.3, 0.4) is 0 Å². The molecule has 0 aliphatic heterocycles. The maximum atomic E-state index is 11.0. The lowest BCUT2D eigenvalue weighted by molar-refractivity contribution is 0.475. The van der Waals surface area contributed by atoms with Crippen LogP contribution < -0.4 is 10.9 Å². The van der Waals surface area contributed by atoms with Crippen LogP contribution >= 0.6 is 0 Å². The van der Waals surface area contributed by atoms with Crippen molar-refractivity contribution in [3.8, 4) is 5.75 Å². The topological polar surface area (TPSA) is 65.1 Å². The van der Waals surface area contributed by atoms with E-state index in [0.29, 0.717) is 5.82 Å². The number of hydrogen-bond donors (Lipinski definition) is 3. The highest BCUT2D eigenvalue weighted by atomic mass is 16.3. The van der Waals surface area contributed by atoms with Crippen LogP contribution in [-0.2, 0) is 0 Å². The van der Waals surface area contributed by atoms with Gasteiger partial charge in [0.2, 0.25) is 5.56 Å². The van der Waals surface area contributed by atoms with Crippen LogP contribution in [0, 0.1) is 0 Å². The Morgan fingerprint density at radius 2 is 1.93 bits per heavy atom. The summed E-state index contributed by atoms with van der Waals surface area (Å²) in [6, 6.07) is 11.5. The van der Waals surface area contributed by atoms with Gasteiger partial charge in [-0.2, -0.15) is 0 Å². The molecule has 0 atom stereocenters. The van der Waals surface area contributed by atoms with Gasteiger partial charge in [0, 0.05) is 17.8 Å². The van der Waals surface area contributed by atoms with Crippen molar-refractivity contribution in [1.82, 2.24) is 4.98 Å². The molecule has 0 unspecified atom stereocenters. The lowest BCUT2D eigenvalue weighted by Crippen LogP contribution is -2.05. The van der Waals surface area contributed by atoms with E-state index < -0.39 is 0 Å². The number of rotatable bonds is 2. The Bertz CT molecular complexity index is 520. The number of aromatic nitrogens is 1. The van der Waals surface area contributed by atoms with Crippen molar-refractivity contribution in [2.45, 2.75) is 0 Å². The minimum atomic E-state index is -0.167. The summed E-state index contributed by atoms with van der Waals surface area (Å²) in [6.07, 6.45) is 0. The molecular weight excluding hydrogens is 192 g/mol. The first-order chi connectivity index (χ1) is 7.24. The molecule has 0 aliphatic carbocycles. The zero-order chi connectivity index (χ0) is 10.7. The number of nitrogens with one attached hydrogen (secondary N) is 2. The van der Waals surface area contributed by atoms with Crippen LogP contribution in [0.25, 0.3) is 0 Å². The highest BCUT2D eigenvalue weighted by Gasteiger charge is 1.95. The summed E-state index contributed by atoms with van der Waals surface area (Å²) < 4.78 is 0. The number of aromatic amines is 1. The zero-order valence-electron chi connectivity index (χ0n) is 7.90. The first-order valence-corrected chi connectivity index (χ1v) is 4.49. The second-order valence-corrected chi connectivity index (χ2v) is 3.10.